The summed E-state index contributed by atoms with van der Waals surface area (Å²) in [7, 11) is 3.47. The summed E-state index contributed by atoms with van der Waals surface area (Å²) in [6.45, 7) is 6.28. The van der Waals surface area contributed by atoms with Crippen molar-refractivity contribution in [3.63, 3.8) is 0 Å². The molecule has 2 aliphatic heterocycles. The van der Waals surface area contributed by atoms with Crippen molar-refractivity contribution in [1.29, 1.82) is 0 Å². The van der Waals surface area contributed by atoms with Gasteiger partial charge in [0, 0.05) is 37.7 Å². The van der Waals surface area contributed by atoms with Gasteiger partial charge >= 0.3 is 0 Å². The topological polar surface area (TPSA) is 43.8 Å². The summed E-state index contributed by atoms with van der Waals surface area (Å²) in [4.78, 5) is 6.70. The zero-order valence-corrected chi connectivity index (χ0v) is 12.4. The third-order valence-electron chi connectivity index (χ3n) is 4.56. The van der Waals surface area contributed by atoms with Gasteiger partial charge in [-0.25, -0.2) is 0 Å². The van der Waals surface area contributed by atoms with Gasteiger partial charge in [-0.3, -0.25) is 4.98 Å². The lowest BCUT2D eigenvalue weighted by Crippen LogP contribution is -2.35. The third-order valence-corrected chi connectivity index (χ3v) is 4.56. The van der Waals surface area contributed by atoms with E-state index in [1.54, 1.807) is 14.2 Å². The Morgan fingerprint density at radius 1 is 1.50 bits per heavy atom. The summed E-state index contributed by atoms with van der Waals surface area (Å²) in [5, 5.41) is 0. The Morgan fingerprint density at radius 2 is 2.35 bits per heavy atom. The second-order valence-corrected chi connectivity index (χ2v) is 5.84. The van der Waals surface area contributed by atoms with Gasteiger partial charge in [0.05, 0.1) is 38.3 Å². The third kappa shape index (κ3) is 2.05. The molecule has 0 aromatic carbocycles. The predicted octanol–water partition coefficient (Wildman–Crippen LogP) is 1.50. The van der Waals surface area contributed by atoms with Crippen molar-refractivity contribution >= 4 is 5.69 Å². The van der Waals surface area contributed by atoms with Crippen LogP contribution in [0.1, 0.15) is 5.69 Å². The second kappa shape index (κ2) is 5.22. The van der Waals surface area contributed by atoms with E-state index in [1.165, 1.54) is 0 Å². The number of ether oxygens (including phenoxy) is 3. The molecule has 0 radical (unpaired) electrons. The molecule has 0 unspecified atom stereocenters. The number of methoxy groups -OCH3 is 2. The van der Waals surface area contributed by atoms with Crippen LogP contribution in [0.2, 0.25) is 0 Å². The van der Waals surface area contributed by atoms with Gasteiger partial charge in [-0.05, 0) is 13.0 Å². The van der Waals surface area contributed by atoms with Crippen molar-refractivity contribution in [2.75, 3.05) is 52.0 Å². The molecule has 1 aromatic heterocycles. The molecular formula is C15H22N2O3. The Balaban J connectivity index is 1.89. The Hall–Kier alpha value is -1.33. The Labute approximate surface area is 119 Å². The SMILES string of the molecule is COC[C@@]12COC[C@@H]1CN(c1ccnc(C)c1OC)C2. The molecule has 5 heteroatoms. The van der Waals surface area contributed by atoms with Crippen molar-refractivity contribution < 1.29 is 14.2 Å². The average molecular weight is 278 g/mol. The largest absolute Gasteiger partial charge is 0.493 e. The highest BCUT2D eigenvalue weighted by atomic mass is 16.5. The second-order valence-electron chi connectivity index (χ2n) is 5.84. The van der Waals surface area contributed by atoms with Gasteiger partial charge in [-0.2, -0.15) is 0 Å². The Bertz CT molecular complexity index is 494. The highest BCUT2D eigenvalue weighted by Gasteiger charge is 2.51. The van der Waals surface area contributed by atoms with Crippen LogP contribution in [-0.2, 0) is 9.47 Å². The predicted molar refractivity (Wildman–Crippen MR) is 76.4 cm³/mol. The lowest BCUT2D eigenvalue weighted by atomic mass is 9.82. The summed E-state index contributed by atoms with van der Waals surface area (Å²) < 4.78 is 16.7. The van der Waals surface area contributed by atoms with E-state index in [9.17, 15) is 0 Å². The Morgan fingerprint density at radius 3 is 3.10 bits per heavy atom. The van der Waals surface area contributed by atoms with Gasteiger partial charge < -0.3 is 19.1 Å². The highest BCUT2D eigenvalue weighted by molar-refractivity contribution is 5.61. The van der Waals surface area contributed by atoms with E-state index >= 15 is 0 Å². The standard InChI is InChI=1S/C15H22N2O3/c1-11-14(19-3)13(4-5-16-11)17-6-12-7-20-10-15(12,8-17)9-18-2/h4-5,12H,6-10H2,1-3H3/t12-,15-/m0/s1. The number of rotatable bonds is 4. The summed E-state index contributed by atoms with van der Waals surface area (Å²) in [6, 6.07) is 2.04. The van der Waals surface area contributed by atoms with Gasteiger partial charge in [0.1, 0.15) is 0 Å². The van der Waals surface area contributed by atoms with E-state index < -0.39 is 0 Å². The highest BCUT2D eigenvalue weighted by Crippen LogP contribution is 2.45. The number of hydrogen-bond acceptors (Lipinski definition) is 5. The summed E-state index contributed by atoms with van der Waals surface area (Å²) in [5.41, 5.74) is 2.18. The fourth-order valence-electron chi connectivity index (χ4n) is 3.55. The molecule has 2 aliphatic rings. The number of hydrogen-bond donors (Lipinski definition) is 0. The first-order chi connectivity index (χ1) is 9.70. The first-order valence-electron chi connectivity index (χ1n) is 7.01. The maximum Gasteiger partial charge on any atom is 0.163 e. The van der Waals surface area contributed by atoms with E-state index in [2.05, 4.69) is 9.88 Å². The maximum atomic E-state index is 5.68. The minimum Gasteiger partial charge on any atom is -0.493 e. The van der Waals surface area contributed by atoms with Crippen LogP contribution >= 0.6 is 0 Å². The molecule has 0 saturated carbocycles. The quantitative estimate of drug-likeness (QED) is 0.835. The Kier molecular flexibility index (Phi) is 3.56. The van der Waals surface area contributed by atoms with Gasteiger partial charge in [-0.15, -0.1) is 0 Å². The van der Waals surface area contributed by atoms with Crippen LogP contribution in [0.3, 0.4) is 0 Å². The van der Waals surface area contributed by atoms with Gasteiger partial charge in [0.2, 0.25) is 0 Å². The number of anilines is 1. The first kappa shape index (κ1) is 13.6. The molecule has 5 nitrogen and oxygen atoms in total. The smallest absolute Gasteiger partial charge is 0.163 e. The molecule has 110 valence electrons. The molecule has 2 fully saturated rings. The number of aryl methyl sites for hydroxylation is 1. The van der Waals surface area contributed by atoms with Crippen LogP contribution < -0.4 is 9.64 Å². The van der Waals surface area contributed by atoms with Crippen molar-refractivity contribution in [3.8, 4) is 5.75 Å². The number of nitrogens with zero attached hydrogens (tertiary/aromatic N) is 2. The van der Waals surface area contributed by atoms with E-state index in [1.807, 2.05) is 19.2 Å². The molecule has 2 saturated heterocycles. The maximum absolute atomic E-state index is 5.68. The van der Waals surface area contributed by atoms with Crippen LogP contribution in [0, 0.1) is 18.3 Å². The van der Waals surface area contributed by atoms with E-state index in [0.29, 0.717) is 5.92 Å². The molecule has 0 N–H and O–H groups in total. The summed E-state index contributed by atoms with van der Waals surface area (Å²) >= 11 is 0. The molecule has 1 aromatic rings. The van der Waals surface area contributed by atoms with Gasteiger partial charge in [0.25, 0.3) is 0 Å². The molecule has 0 spiro atoms. The van der Waals surface area contributed by atoms with Crippen molar-refractivity contribution in [2.24, 2.45) is 11.3 Å². The summed E-state index contributed by atoms with van der Waals surface area (Å²) in [6.07, 6.45) is 1.85. The van der Waals surface area contributed by atoms with Crippen molar-refractivity contribution in [3.05, 3.63) is 18.0 Å². The molecule has 0 aliphatic carbocycles. The normalized spacial score (nSPS) is 28.8. The number of fused-ring (bicyclic) bond motifs is 1. The zero-order chi connectivity index (χ0) is 14.2. The lowest BCUT2D eigenvalue weighted by Gasteiger charge is -2.27. The zero-order valence-electron chi connectivity index (χ0n) is 12.4. The summed E-state index contributed by atoms with van der Waals surface area (Å²) in [5.74, 6) is 1.40. The van der Waals surface area contributed by atoms with Crippen molar-refractivity contribution in [2.45, 2.75) is 6.92 Å². The van der Waals surface area contributed by atoms with Crippen LogP contribution in [0.4, 0.5) is 5.69 Å². The fourth-order valence-corrected chi connectivity index (χ4v) is 3.55. The van der Waals surface area contributed by atoms with Gasteiger partial charge in [-0.1, -0.05) is 0 Å². The molecule has 3 heterocycles. The molecule has 0 bridgehead atoms. The molecule has 2 atom stereocenters. The molecule has 0 amide bonds. The van der Waals surface area contributed by atoms with Gasteiger partial charge in [0.15, 0.2) is 5.75 Å². The molecular weight excluding hydrogens is 256 g/mol. The number of aromatic nitrogens is 1. The molecule has 3 rings (SSSR count). The van der Waals surface area contributed by atoms with E-state index in [4.69, 9.17) is 14.2 Å². The van der Waals surface area contributed by atoms with Crippen LogP contribution in [-0.4, -0.2) is 52.1 Å². The minimum absolute atomic E-state index is 0.122. The average Bonchev–Trinajstić information content (AvgIpc) is 2.95. The van der Waals surface area contributed by atoms with E-state index in [0.717, 1.165) is 50.0 Å². The monoisotopic (exact) mass is 278 g/mol. The number of pyridine rings is 1. The first-order valence-corrected chi connectivity index (χ1v) is 7.01. The van der Waals surface area contributed by atoms with Crippen LogP contribution in [0.25, 0.3) is 0 Å². The van der Waals surface area contributed by atoms with E-state index in [-0.39, 0.29) is 5.41 Å². The molecule has 20 heavy (non-hydrogen) atoms. The minimum atomic E-state index is 0.122. The van der Waals surface area contributed by atoms with Crippen LogP contribution in [0.15, 0.2) is 12.3 Å². The van der Waals surface area contributed by atoms with Crippen molar-refractivity contribution in [1.82, 2.24) is 4.98 Å². The fraction of sp³-hybridized carbons (Fsp3) is 0.667. The lowest BCUT2D eigenvalue weighted by molar-refractivity contribution is 0.0660. The van der Waals surface area contributed by atoms with Crippen LogP contribution in [0.5, 0.6) is 5.75 Å².